The number of amides is 1. The van der Waals surface area contributed by atoms with Crippen LogP contribution in [0.15, 0.2) is 35.9 Å². The molecule has 9 atom stereocenters. The molecule has 6 aliphatic rings. The Morgan fingerprint density at radius 2 is 1.62 bits per heavy atom. The van der Waals surface area contributed by atoms with Crippen LogP contribution in [0.4, 0.5) is 0 Å². The molecule has 5 nitrogen and oxygen atoms in total. The summed E-state index contributed by atoms with van der Waals surface area (Å²) in [4.78, 5) is 27.7. The molecule has 3 saturated carbocycles. The maximum Gasteiger partial charge on any atom is 0.226 e. The Labute approximate surface area is 290 Å². The second-order valence-corrected chi connectivity index (χ2v) is 18.9. The second kappa shape index (κ2) is 11.4. The van der Waals surface area contributed by atoms with Crippen molar-refractivity contribution in [3.05, 3.63) is 47.3 Å². The lowest BCUT2D eigenvalue weighted by Gasteiger charge is -2.71. The van der Waals surface area contributed by atoms with E-state index in [1.54, 1.807) is 5.57 Å². The van der Waals surface area contributed by atoms with Gasteiger partial charge in [0.25, 0.3) is 0 Å². The third-order valence-corrected chi connectivity index (χ3v) is 16.5. The lowest BCUT2D eigenvalue weighted by atomic mass is 9.33. The van der Waals surface area contributed by atoms with Crippen molar-refractivity contribution in [2.75, 3.05) is 26.2 Å². The molecule has 8 rings (SSSR count). The highest BCUT2D eigenvalue weighted by atomic mass is 16.2. The van der Waals surface area contributed by atoms with E-state index in [2.05, 4.69) is 89.0 Å². The van der Waals surface area contributed by atoms with Gasteiger partial charge in [-0.3, -0.25) is 4.79 Å². The number of benzene rings is 1. The lowest BCUT2D eigenvalue weighted by Crippen LogP contribution is -2.66. The molecule has 1 aromatic heterocycles. The van der Waals surface area contributed by atoms with Gasteiger partial charge < -0.3 is 10.2 Å². The standard InChI is InChI=1S/C43H62N4O/c1-28-17-20-43(38(48)44-23-26-47-24-11-8-12-25-47)22-21-41(6)30(36(43)29(28)2)15-16-35-40(5)27-33-37(46-32-14-10-9-13-31(32)45-33)39(3,4)34(40)18-19-42(35,41)7/h9-10,13-15,28-29,34-36H,8,11-12,16-27H2,1-7H3,(H,44,48)/t28-,29+,34+,35-,36+,40+,41-,42-,43+/m1/s1. The summed E-state index contributed by atoms with van der Waals surface area (Å²) in [6.45, 7) is 22.0. The summed E-state index contributed by atoms with van der Waals surface area (Å²) in [5.41, 5.74) is 6.38. The number of nitrogens with one attached hydrogen (secondary N) is 1. The average Bonchev–Trinajstić information content (AvgIpc) is 3.06. The number of carbonyl (C=O) groups excluding carboxylic acids is 1. The van der Waals surface area contributed by atoms with E-state index in [0.717, 1.165) is 56.2 Å². The molecule has 5 aliphatic carbocycles. The van der Waals surface area contributed by atoms with Crippen LogP contribution in [0.1, 0.15) is 124 Å². The molecule has 48 heavy (non-hydrogen) atoms. The van der Waals surface area contributed by atoms with E-state index in [0.29, 0.717) is 35.5 Å². The van der Waals surface area contributed by atoms with E-state index in [1.807, 2.05) is 0 Å². The molecule has 1 amide bonds. The molecule has 0 unspecified atom stereocenters. The topological polar surface area (TPSA) is 58.1 Å². The molecule has 2 aromatic rings. The first-order valence-electron chi connectivity index (χ1n) is 19.8. The number of para-hydroxylation sites is 2. The van der Waals surface area contributed by atoms with Gasteiger partial charge in [0.05, 0.1) is 27.8 Å². The Hall–Kier alpha value is -2.27. The minimum Gasteiger partial charge on any atom is -0.354 e. The summed E-state index contributed by atoms with van der Waals surface area (Å²) in [7, 11) is 0. The largest absolute Gasteiger partial charge is 0.354 e. The Balaban J connectivity index is 1.14. The zero-order chi connectivity index (χ0) is 33.7. The third kappa shape index (κ3) is 4.53. The Kier molecular flexibility index (Phi) is 7.80. The van der Waals surface area contributed by atoms with Crippen molar-refractivity contribution in [1.29, 1.82) is 0 Å². The number of hydrogen-bond acceptors (Lipinski definition) is 4. The van der Waals surface area contributed by atoms with Crippen LogP contribution < -0.4 is 5.32 Å². The molecule has 1 aromatic carbocycles. The molecular weight excluding hydrogens is 589 g/mol. The van der Waals surface area contributed by atoms with Gasteiger partial charge in [0.15, 0.2) is 0 Å². The van der Waals surface area contributed by atoms with Crippen LogP contribution in [0, 0.1) is 51.2 Å². The van der Waals surface area contributed by atoms with E-state index in [1.165, 1.54) is 63.0 Å². The molecule has 5 heteroatoms. The minimum absolute atomic E-state index is 0.0209. The number of fused-ring (bicyclic) bond motifs is 9. The third-order valence-electron chi connectivity index (χ3n) is 16.5. The average molecular weight is 651 g/mol. The van der Waals surface area contributed by atoms with E-state index >= 15 is 0 Å². The Bertz CT molecular complexity index is 1620. The molecule has 4 fully saturated rings. The summed E-state index contributed by atoms with van der Waals surface area (Å²) < 4.78 is 0. The van der Waals surface area contributed by atoms with Crippen LogP contribution in [0.3, 0.4) is 0 Å². The van der Waals surface area contributed by atoms with Crippen molar-refractivity contribution in [2.45, 2.75) is 125 Å². The van der Waals surface area contributed by atoms with Gasteiger partial charge in [-0.2, -0.15) is 0 Å². The quantitative estimate of drug-likeness (QED) is 0.336. The van der Waals surface area contributed by atoms with Crippen LogP contribution in [-0.4, -0.2) is 47.0 Å². The maximum absolute atomic E-state index is 14.5. The van der Waals surface area contributed by atoms with E-state index in [-0.39, 0.29) is 27.1 Å². The van der Waals surface area contributed by atoms with E-state index in [4.69, 9.17) is 9.97 Å². The normalized spacial score (nSPS) is 42.0. The monoisotopic (exact) mass is 650 g/mol. The van der Waals surface area contributed by atoms with Gasteiger partial charge in [0, 0.05) is 18.5 Å². The van der Waals surface area contributed by atoms with Gasteiger partial charge in [-0.15, -0.1) is 0 Å². The number of allylic oxidation sites excluding steroid dienone is 2. The maximum atomic E-state index is 14.5. The molecule has 260 valence electrons. The van der Waals surface area contributed by atoms with Crippen LogP contribution in [0.2, 0.25) is 0 Å². The van der Waals surface area contributed by atoms with Crippen LogP contribution in [0.25, 0.3) is 11.0 Å². The van der Waals surface area contributed by atoms with Crippen molar-refractivity contribution < 1.29 is 4.79 Å². The predicted molar refractivity (Wildman–Crippen MR) is 196 cm³/mol. The second-order valence-electron chi connectivity index (χ2n) is 18.9. The molecule has 0 bridgehead atoms. The van der Waals surface area contributed by atoms with Gasteiger partial charge in [-0.05, 0) is 135 Å². The summed E-state index contributed by atoms with van der Waals surface area (Å²) in [6.07, 6.45) is 15.7. The van der Waals surface area contributed by atoms with Crippen LogP contribution >= 0.6 is 0 Å². The highest BCUT2D eigenvalue weighted by Gasteiger charge is 2.69. The number of likely N-dealkylation sites (tertiary alicyclic amines) is 1. The first-order chi connectivity index (χ1) is 22.8. The summed E-state index contributed by atoms with van der Waals surface area (Å²) >= 11 is 0. The first-order valence-corrected chi connectivity index (χ1v) is 19.8. The summed E-state index contributed by atoms with van der Waals surface area (Å²) in [5, 5.41) is 3.55. The Morgan fingerprint density at radius 3 is 2.38 bits per heavy atom. The van der Waals surface area contributed by atoms with E-state index in [9.17, 15) is 4.79 Å². The van der Waals surface area contributed by atoms with Crippen LogP contribution in [-0.2, 0) is 16.6 Å². The van der Waals surface area contributed by atoms with Crippen LogP contribution in [0.5, 0.6) is 0 Å². The number of piperidine rings is 1. The number of rotatable bonds is 4. The number of nitrogens with zero attached hydrogens (tertiary/aromatic N) is 3. The molecular formula is C43H62N4O. The number of carbonyl (C=O) groups is 1. The smallest absolute Gasteiger partial charge is 0.226 e. The predicted octanol–water partition coefficient (Wildman–Crippen LogP) is 8.90. The van der Waals surface area contributed by atoms with Gasteiger partial charge in [-0.25, -0.2) is 9.97 Å². The summed E-state index contributed by atoms with van der Waals surface area (Å²) in [5.74, 6) is 3.04. The summed E-state index contributed by atoms with van der Waals surface area (Å²) in [6, 6.07) is 8.45. The van der Waals surface area contributed by atoms with Crippen molar-refractivity contribution in [1.82, 2.24) is 20.2 Å². The van der Waals surface area contributed by atoms with Crippen molar-refractivity contribution in [2.24, 2.45) is 51.2 Å². The molecule has 0 radical (unpaired) electrons. The molecule has 2 heterocycles. The Morgan fingerprint density at radius 1 is 0.896 bits per heavy atom. The molecule has 1 saturated heterocycles. The zero-order valence-corrected chi connectivity index (χ0v) is 31.1. The SMILES string of the molecule is C[C@H]1[C@H](C)CC[C@]2(C(=O)NCCN3CCCCC3)CC[C@]3(C)C(=CC[C@@H]4[C@@]5(C)Cc6nc7ccccc7nc6C(C)(C)[C@@H]5CC[C@]43C)[C@H]12. The fourth-order valence-electron chi connectivity index (χ4n) is 13.6. The van der Waals surface area contributed by atoms with Gasteiger partial charge in [0.1, 0.15) is 0 Å². The number of hydrogen-bond donors (Lipinski definition) is 1. The van der Waals surface area contributed by atoms with Crippen molar-refractivity contribution in [3.63, 3.8) is 0 Å². The highest BCUT2D eigenvalue weighted by Crippen LogP contribution is 2.75. The fourth-order valence-corrected chi connectivity index (χ4v) is 13.6. The molecule has 1 aliphatic heterocycles. The lowest BCUT2D eigenvalue weighted by molar-refractivity contribution is -0.170. The molecule has 0 spiro atoms. The van der Waals surface area contributed by atoms with Gasteiger partial charge in [0.2, 0.25) is 5.91 Å². The van der Waals surface area contributed by atoms with Crippen molar-refractivity contribution in [3.8, 4) is 0 Å². The van der Waals surface area contributed by atoms with Gasteiger partial charge in [-0.1, -0.05) is 78.7 Å². The number of aromatic nitrogens is 2. The van der Waals surface area contributed by atoms with Crippen molar-refractivity contribution >= 4 is 16.9 Å². The molecule has 1 N–H and O–H groups in total. The minimum atomic E-state index is -0.258. The fraction of sp³-hybridized carbons (Fsp3) is 0.744. The van der Waals surface area contributed by atoms with E-state index < -0.39 is 0 Å². The first kappa shape index (κ1) is 32.9. The zero-order valence-electron chi connectivity index (χ0n) is 31.1. The highest BCUT2D eigenvalue weighted by molar-refractivity contribution is 5.84. The van der Waals surface area contributed by atoms with Gasteiger partial charge >= 0.3 is 0 Å².